The smallest absolute Gasteiger partial charge is 0.223 e. The molecule has 0 aromatic carbocycles. The predicted octanol–water partition coefficient (Wildman–Crippen LogP) is 2.23. The zero-order chi connectivity index (χ0) is 13.1. The number of thiophene rings is 1. The van der Waals surface area contributed by atoms with E-state index in [-0.39, 0.29) is 0 Å². The first kappa shape index (κ1) is 12.7. The molecule has 18 heavy (non-hydrogen) atoms. The van der Waals surface area contributed by atoms with Gasteiger partial charge in [0.05, 0.1) is 17.1 Å². The van der Waals surface area contributed by atoms with E-state index in [1.54, 1.807) is 6.92 Å². The maximum Gasteiger partial charge on any atom is 0.223 e. The third-order valence-electron chi connectivity index (χ3n) is 2.18. The Morgan fingerprint density at radius 3 is 2.94 bits per heavy atom. The van der Waals surface area contributed by atoms with Crippen molar-refractivity contribution in [2.24, 2.45) is 0 Å². The normalized spacial score (nSPS) is 10.3. The van der Waals surface area contributed by atoms with Crippen LogP contribution in [0.2, 0.25) is 0 Å². The van der Waals surface area contributed by atoms with E-state index in [0.29, 0.717) is 28.8 Å². The number of hydrogen-bond donors (Lipinski definition) is 2. The van der Waals surface area contributed by atoms with Crippen molar-refractivity contribution < 1.29 is 4.52 Å². The topological polar surface area (TPSA) is 101 Å². The summed E-state index contributed by atoms with van der Waals surface area (Å²) in [6, 6.07) is 2.08. The quantitative estimate of drug-likeness (QED) is 0.828. The van der Waals surface area contributed by atoms with Crippen LogP contribution in [-0.2, 0) is 6.54 Å². The maximum atomic E-state index is 8.94. The van der Waals surface area contributed by atoms with E-state index in [2.05, 4.69) is 21.5 Å². The summed E-state index contributed by atoms with van der Waals surface area (Å²) >= 11 is 2.84. The molecule has 0 aliphatic rings. The number of aryl methyl sites for hydroxylation is 1. The SMILES string of the molecule is CSc1c(NCc2noc(C)n2)sc(C#N)c1N. The molecule has 0 aliphatic heterocycles. The van der Waals surface area contributed by atoms with E-state index in [1.165, 1.54) is 23.1 Å². The molecule has 0 saturated carbocycles. The van der Waals surface area contributed by atoms with E-state index in [4.69, 9.17) is 15.5 Å². The molecule has 6 nitrogen and oxygen atoms in total. The summed E-state index contributed by atoms with van der Waals surface area (Å²) in [5.41, 5.74) is 6.40. The van der Waals surface area contributed by atoms with Crippen molar-refractivity contribution in [3.8, 4) is 6.07 Å². The molecular weight excluding hydrogens is 270 g/mol. The molecule has 0 aliphatic carbocycles. The van der Waals surface area contributed by atoms with E-state index in [9.17, 15) is 0 Å². The number of nitrogens with one attached hydrogen (secondary N) is 1. The monoisotopic (exact) mass is 281 g/mol. The molecule has 0 bridgehead atoms. The van der Waals surface area contributed by atoms with E-state index in [0.717, 1.165) is 9.90 Å². The van der Waals surface area contributed by atoms with Crippen LogP contribution in [-0.4, -0.2) is 16.4 Å². The van der Waals surface area contributed by atoms with Gasteiger partial charge in [-0.15, -0.1) is 23.1 Å². The molecule has 0 unspecified atom stereocenters. The molecule has 2 heterocycles. The van der Waals surface area contributed by atoms with Crippen molar-refractivity contribution in [2.75, 3.05) is 17.3 Å². The second-order valence-electron chi connectivity index (χ2n) is 3.40. The number of nitrogens with two attached hydrogens (primary N) is 1. The van der Waals surface area contributed by atoms with Crippen molar-refractivity contribution in [1.82, 2.24) is 10.1 Å². The van der Waals surface area contributed by atoms with Crippen molar-refractivity contribution in [2.45, 2.75) is 18.4 Å². The fourth-order valence-electron chi connectivity index (χ4n) is 1.40. The van der Waals surface area contributed by atoms with E-state index >= 15 is 0 Å². The molecule has 0 amide bonds. The van der Waals surface area contributed by atoms with Gasteiger partial charge in [0.1, 0.15) is 15.9 Å². The minimum absolute atomic E-state index is 0.440. The van der Waals surface area contributed by atoms with Crippen LogP contribution in [0.25, 0.3) is 0 Å². The minimum Gasteiger partial charge on any atom is -0.396 e. The Bertz CT molecular complexity index is 598. The minimum atomic E-state index is 0.440. The Kier molecular flexibility index (Phi) is 3.74. The number of rotatable bonds is 4. The lowest BCUT2D eigenvalue weighted by Gasteiger charge is -2.02. The van der Waals surface area contributed by atoms with Gasteiger partial charge in [-0.2, -0.15) is 10.2 Å². The van der Waals surface area contributed by atoms with E-state index < -0.39 is 0 Å². The van der Waals surface area contributed by atoms with Crippen molar-refractivity contribution in [3.63, 3.8) is 0 Å². The fraction of sp³-hybridized carbons (Fsp3) is 0.300. The van der Waals surface area contributed by atoms with Crippen LogP contribution in [0, 0.1) is 18.3 Å². The molecule has 8 heteroatoms. The predicted molar refractivity (Wildman–Crippen MR) is 71.6 cm³/mol. The average molecular weight is 281 g/mol. The van der Waals surface area contributed by atoms with Crippen LogP contribution in [0.4, 0.5) is 10.7 Å². The standard InChI is InChI=1S/C10H11N5OS2/c1-5-14-7(15-16-5)4-13-10-9(17-2)8(12)6(3-11)18-10/h13H,4,12H2,1-2H3. The number of anilines is 2. The van der Waals surface area contributed by atoms with Gasteiger partial charge >= 0.3 is 0 Å². The molecular formula is C10H11N5OS2. The molecule has 0 atom stereocenters. The third-order valence-corrected chi connectivity index (χ3v) is 4.21. The molecule has 94 valence electrons. The number of aromatic nitrogens is 2. The van der Waals surface area contributed by atoms with Gasteiger partial charge in [0.15, 0.2) is 5.82 Å². The molecule has 0 spiro atoms. The highest BCUT2D eigenvalue weighted by Crippen LogP contribution is 2.41. The lowest BCUT2D eigenvalue weighted by molar-refractivity contribution is 0.388. The number of hydrogen-bond acceptors (Lipinski definition) is 8. The highest BCUT2D eigenvalue weighted by atomic mass is 32.2. The Labute approximate surface area is 112 Å². The van der Waals surface area contributed by atoms with Crippen LogP contribution in [0.15, 0.2) is 9.42 Å². The lowest BCUT2D eigenvalue weighted by atomic mass is 10.4. The van der Waals surface area contributed by atoms with Gasteiger partial charge < -0.3 is 15.6 Å². The van der Waals surface area contributed by atoms with Crippen molar-refractivity contribution in [3.05, 3.63) is 16.6 Å². The van der Waals surface area contributed by atoms with Crippen LogP contribution in [0.1, 0.15) is 16.6 Å². The van der Waals surface area contributed by atoms with Gasteiger partial charge in [0.2, 0.25) is 5.89 Å². The highest BCUT2D eigenvalue weighted by Gasteiger charge is 2.15. The number of nitrogen functional groups attached to an aromatic ring is 1. The van der Waals surface area contributed by atoms with Crippen molar-refractivity contribution >= 4 is 33.8 Å². The highest BCUT2D eigenvalue weighted by molar-refractivity contribution is 7.99. The largest absolute Gasteiger partial charge is 0.396 e. The zero-order valence-electron chi connectivity index (χ0n) is 9.85. The summed E-state index contributed by atoms with van der Waals surface area (Å²) < 4.78 is 4.88. The first-order valence-electron chi connectivity index (χ1n) is 5.05. The second-order valence-corrected chi connectivity index (χ2v) is 5.24. The molecule has 2 rings (SSSR count). The molecule has 0 radical (unpaired) electrons. The molecule has 3 N–H and O–H groups in total. The summed E-state index contributed by atoms with van der Waals surface area (Å²) in [4.78, 5) is 5.50. The summed E-state index contributed by atoms with van der Waals surface area (Å²) in [5.74, 6) is 1.10. The summed E-state index contributed by atoms with van der Waals surface area (Å²) in [6.07, 6.45) is 1.92. The van der Waals surface area contributed by atoms with Gasteiger partial charge in [-0.1, -0.05) is 5.16 Å². The second kappa shape index (κ2) is 5.29. The van der Waals surface area contributed by atoms with E-state index in [1.807, 2.05) is 6.26 Å². The molecule has 0 fully saturated rings. The van der Waals surface area contributed by atoms with Gasteiger partial charge in [-0.3, -0.25) is 0 Å². The zero-order valence-corrected chi connectivity index (χ0v) is 11.5. The molecule has 2 aromatic rings. The fourth-order valence-corrected chi connectivity index (χ4v) is 3.23. The Morgan fingerprint density at radius 1 is 1.61 bits per heavy atom. The first-order valence-corrected chi connectivity index (χ1v) is 7.09. The average Bonchev–Trinajstić information content (AvgIpc) is 2.90. The van der Waals surface area contributed by atoms with Crippen LogP contribution >= 0.6 is 23.1 Å². The summed E-state index contributed by atoms with van der Waals surface area (Å²) in [7, 11) is 0. The van der Waals surface area contributed by atoms with Crippen LogP contribution in [0.3, 0.4) is 0 Å². The summed E-state index contributed by atoms with van der Waals surface area (Å²) in [5, 5.41) is 16.8. The number of nitrogens with zero attached hydrogens (tertiary/aromatic N) is 3. The van der Waals surface area contributed by atoms with Crippen LogP contribution in [0.5, 0.6) is 0 Å². The van der Waals surface area contributed by atoms with Gasteiger partial charge in [0.25, 0.3) is 0 Å². The van der Waals surface area contributed by atoms with Crippen molar-refractivity contribution in [1.29, 1.82) is 5.26 Å². The third kappa shape index (κ3) is 2.42. The number of nitriles is 1. The lowest BCUT2D eigenvalue weighted by Crippen LogP contribution is -2.00. The Balaban J connectivity index is 2.16. The first-order chi connectivity index (χ1) is 8.65. The van der Waals surface area contributed by atoms with Gasteiger partial charge in [-0.05, 0) is 6.26 Å². The maximum absolute atomic E-state index is 8.94. The Morgan fingerprint density at radius 2 is 2.39 bits per heavy atom. The Hall–Kier alpha value is -1.72. The summed E-state index contributed by atoms with van der Waals surface area (Å²) in [6.45, 7) is 2.18. The van der Waals surface area contributed by atoms with Crippen LogP contribution < -0.4 is 11.1 Å². The number of thioether (sulfide) groups is 1. The van der Waals surface area contributed by atoms with Gasteiger partial charge in [-0.25, -0.2) is 0 Å². The molecule has 0 saturated heterocycles. The van der Waals surface area contributed by atoms with Gasteiger partial charge in [0, 0.05) is 6.92 Å². The molecule has 2 aromatic heterocycles.